The third kappa shape index (κ3) is 20.3. The highest BCUT2D eigenvalue weighted by Gasteiger charge is 1.76. The number of hydrogen-bond donors (Lipinski definition) is 1. The molecule has 0 saturated heterocycles. The van der Waals surface area contributed by atoms with Crippen molar-refractivity contribution in [1.29, 1.82) is 0 Å². The Morgan fingerprint density at radius 2 is 2.00 bits per heavy atom. The molecular formula is C6H10O2. The average molecular weight is 114 g/mol. The van der Waals surface area contributed by atoms with E-state index in [4.69, 9.17) is 5.11 Å². The highest BCUT2D eigenvalue weighted by molar-refractivity contribution is 5.79. The molecule has 0 bridgehead atoms. The van der Waals surface area contributed by atoms with Gasteiger partial charge in [0, 0.05) is 6.08 Å². The number of aliphatic carboxylic acids is 1. The predicted octanol–water partition coefficient (Wildman–Crippen LogP) is 1.45. The second-order valence-electron chi connectivity index (χ2n) is 0.838. The topological polar surface area (TPSA) is 37.3 Å². The Kier molecular flexibility index (Phi) is 11.7. The van der Waals surface area contributed by atoms with Crippen LogP contribution in [0.5, 0.6) is 0 Å². The van der Waals surface area contributed by atoms with Crippen LogP contribution in [0.25, 0.3) is 0 Å². The van der Waals surface area contributed by atoms with Crippen LogP contribution < -0.4 is 0 Å². The lowest BCUT2D eigenvalue weighted by molar-refractivity contribution is -0.131. The molecule has 0 spiro atoms. The Morgan fingerprint density at radius 3 is 2.00 bits per heavy atom. The zero-order chi connectivity index (χ0) is 6.99. The molecule has 0 aliphatic carbocycles. The Balaban J connectivity index is 0. The molecule has 2 nitrogen and oxygen atoms in total. The number of rotatable bonds is 1. The van der Waals surface area contributed by atoms with Crippen LogP contribution in [-0.4, -0.2) is 11.1 Å². The first-order chi connectivity index (χ1) is 3.77. The molecule has 0 unspecified atom stereocenters. The van der Waals surface area contributed by atoms with Crippen LogP contribution in [-0.2, 0) is 4.79 Å². The molecule has 0 aliphatic rings. The molecule has 0 atom stereocenters. The smallest absolute Gasteiger partial charge is 0.327 e. The van der Waals surface area contributed by atoms with E-state index in [-0.39, 0.29) is 0 Å². The fourth-order valence-electron chi connectivity index (χ4n) is 0.143. The molecule has 0 aromatic carbocycles. The van der Waals surface area contributed by atoms with E-state index < -0.39 is 5.97 Å². The second kappa shape index (κ2) is 9.34. The number of allylic oxidation sites excluding steroid dienone is 1. The summed E-state index contributed by atoms with van der Waals surface area (Å²) in [5.41, 5.74) is 0. The SMILES string of the molecule is C=C.CC=CC(=O)O. The largest absolute Gasteiger partial charge is 0.478 e. The molecule has 0 rings (SSSR count). The Hall–Kier alpha value is -1.05. The van der Waals surface area contributed by atoms with Gasteiger partial charge in [0.25, 0.3) is 0 Å². The van der Waals surface area contributed by atoms with Crippen LogP contribution in [0.1, 0.15) is 6.92 Å². The van der Waals surface area contributed by atoms with Crippen molar-refractivity contribution in [2.75, 3.05) is 0 Å². The van der Waals surface area contributed by atoms with Gasteiger partial charge in [-0.25, -0.2) is 4.79 Å². The van der Waals surface area contributed by atoms with Gasteiger partial charge in [0.05, 0.1) is 0 Å². The molecule has 2 heteroatoms. The summed E-state index contributed by atoms with van der Waals surface area (Å²) in [6, 6.07) is 0. The van der Waals surface area contributed by atoms with Crippen LogP contribution in [0, 0.1) is 0 Å². The van der Waals surface area contributed by atoms with Crippen LogP contribution >= 0.6 is 0 Å². The minimum Gasteiger partial charge on any atom is -0.478 e. The molecule has 0 aromatic rings. The Morgan fingerprint density at radius 1 is 1.62 bits per heavy atom. The maximum absolute atomic E-state index is 9.51. The summed E-state index contributed by atoms with van der Waals surface area (Å²) in [5, 5.41) is 7.83. The fraction of sp³-hybridized carbons (Fsp3) is 0.167. The van der Waals surface area contributed by atoms with Gasteiger partial charge < -0.3 is 5.11 Å². The first-order valence-electron chi connectivity index (χ1n) is 2.13. The van der Waals surface area contributed by atoms with Crippen molar-refractivity contribution in [3.63, 3.8) is 0 Å². The summed E-state index contributed by atoms with van der Waals surface area (Å²) in [5.74, 6) is -0.891. The number of hydrogen-bond acceptors (Lipinski definition) is 1. The van der Waals surface area contributed by atoms with Crippen molar-refractivity contribution in [3.8, 4) is 0 Å². The molecule has 0 radical (unpaired) electrons. The van der Waals surface area contributed by atoms with Gasteiger partial charge in [-0.15, -0.1) is 13.2 Å². The van der Waals surface area contributed by atoms with Crippen molar-refractivity contribution in [3.05, 3.63) is 25.3 Å². The van der Waals surface area contributed by atoms with Crippen molar-refractivity contribution in [2.24, 2.45) is 0 Å². The Bertz CT molecular complexity index is 84.5. The van der Waals surface area contributed by atoms with Crippen LogP contribution in [0.2, 0.25) is 0 Å². The summed E-state index contributed by atoms with van der Waals surface area (Å²) in [4.78, 5) is 9.51. The van der Waals surface area contributed by atoms with E-state index in [1.807, 2.05) is 0 Å². The standard InChI is InChI=1S/C4H6O2.C2H4/c1-2-3-4(5)6;1-2/h2-3H,1H3,(H,5,6);1-2H2. The van der Waals surface area contributed by atoms with Gasteiger partial charge in [-0.3, -0.25) is 0 Å². The monoisotopic (exact) mass is 114 g/mol. The zero-order valence-corrected chi connectivity index (χ0v) is 4.92. The molecule has 0 saturated carbocycles. The molecule has 0 fully saturated rings. The number of carboxylic acids is 1. The summed E-state index contributed by atoms with van der Waals surface area (Å²) in [6.45, 7) is 7.66. The van der Waals surface area contributed by atoms with Crippen LogP contribution in [0.15, 0.2) is 25.3 Å². The first-order valence-corrected chi connectivity index (χ1v) is 2.13. The third-order valence-corrected chi connectivity index (χ3v) is 0.309. The molecule has 0 heterocycles. The normalized spacial score (nSPS) is 7.62. The van der Waals surface area contributed by atoms with Crippen molar-refractivity contribution in [1.82, 2.24) is 0 Å². The van der Waals surface area contributed by atoms with Gasteiger partial charge in [0.2, 0.25) is 0 Å². The highest BCUT2D eigenvalue weighted by atomic mass is 16.4. The van der Waals surface area contributed by atoms with E-state index >= 15 is 0 Å². The zero-order valence-electron chi connectivity index (χ0n) is 4.92. The third-order valence-electron chi connectivity index (χ3n) is 0.309. The lowest BCUT2D eigenvalue weighted by Crippen LogP contribution is -1.83. The molecule has 1 N–H and O–H groups in total. The Labute approximate surface area is 49.1 Å². The molecular weight excluding hydrogens is 104 g/mol. The minimum absolute atomic E-state index is 0.891. The van der Waals surface area contributed by atoms with Gasteiger partial charge in [-0.05, 0) is 6.92 Å². The summed E-state index contributed by atoms with van der Waals surface area (Å²) in [6.07, 6.45) is 2.56. The minimum atomic E-state index is -0.891. The molecule has 0 amide bonds. The van der Waals surface area contributed by atoms with E-state index in [1.165, 1.54) is 6.08 Å². The van der Waals surface area contributed by atoms with E-state index in [1.54, 1.807) is 6.92 Å². The molecule has 46 valence electrons. The van der Waals surface area contributed by atoms with E-state index in [0.29, 0.717) is 0 Å². The molecule has 8 heavy (non-hydrogen) atoms. The number of carbonyl (C=O) groups is 1. The van der Waals surface area contributed by atoms with Crippen molar-refractivity contribution < 1.29 is 9.90 Å². The van der Waals surface area contributed by atoms with Gasteiger partial charge in [0.1, 0.15) is 0 Å². The predicted molar refractivity (Wildman–Crippen MR) is 33.7 cm³/mol. The second-order valence-corrected chi connectivity index (χ2v) is 0.838. The lowest BCUT2D eigenvalue weighted by Gasteiger charge is -1.68. The van der Waals surface area contributed by atoms with Gasteiger partial charge in [-0.1, -0.05) is 6.08 Å². The van der Waals surface area contributed by atoms with Crippen LogP contribution in [0.4, 0.5) is 0 Å². The average Bonchev–Trinajstić information content (AvgIpc) is 1.72. The summed E-state index contributed by atoms with van der Waals surface area (Å²) in [7, 11) is 0. The van der Waals surface area contributed by atoms with Gasteiger partial charge in [-0.2, -0.15) is 0 Å². The van der Waals surface area contributed by atoms with E-state index in [2.05, 4.69) is 13.2 Å². The quantitative estimate of drug-likeness (QED) is 0.413. The van der Waals surface area contributed by atoms with Crippen molar-refractivity contribution >= 4 is 5.97 Å². The summed E-state index contributed by atoms with van der Waals surface area (Å²) < 4.78 is 0. The maximum Gasteiger partial charge on any atom is 0.327 e. The van der Waals surface area contributed by atoms with Gasteiger partial charge in [0.15, 0.2) is 0 Å². The van der Waals surface area contributed by atoms with E-state index in [9.17, 15) is 4.79 Å². The van der Waals surface area contributed by atoms with Crippen molar-refractivity contribution in [2.45, 2.75) is 6.92 Å². The highest BCUT2D eigenvalue weighted by Crippen LogP contribution is 1.65. The molecule has 0 aliphatic heterocycles. The molecule has 0 aromatic heterocycles. The first kappa shape index (κ1) is 10.0. The van der Waals surface area contributed by atoms with Crippen LogP contribution in [0.3, 0.4) is 0 Å². The summed E-state index contributed by atoms with van der Waals surface area (Å²) >= 11 is 0. The number of carboxylic acid groups (broad SMARTS) is 1. The van der Waals surface area contributed by atoms with E-state index in [0.717, 1.165) is 6.08 Å². The fourth-order valence-corrected chi connectivity index (χ4v) is 0.143. The maximum atomic E-state index is 9.51. The van der Waals surface area contributed by atoms with Gasteiger partial charge >= 0.3 is 5.97 Å². The lowest BCUT2D eigenvalue weighted by atomic mass is 10.5.